The van der Waals surface area contributed by atoms with Gasteiger partial charge in [0.25, 0.3) is 11.8 Å². The van der Waals surface area contributed by atoms with Gasteiger partial charge in [0.05, 0.1) is 5.69 Å². The highest BCUT2D eigenvalue weighted by molar-refractivity contribution is 6.36. The van der Waals surface area contributed by atoms with Gasteiger partial charge in [0, 0.05) is 44.9 Å². The van der Waals surface area contributed by atoms with Gasteiger partial charge in [-0.3, -0.25) is 9.59 Å². The lowest BCUT2D eigenvalue weighted by Gasteiger charge is -2.27. The van der Waals surface area contributed by atoms with Crippen LogP contribution >= 0.6 is 0 Å². The van der Waals surface area contributed by atoms with Gasteiger partial charge in [-0.15, -0.1) is 0 Å². The summed E-state index contributed by atoms with van der Waals surface area (Å²) in [5.41, 5.74) is 5.99. The normalized spacial score (nSPS) is 13.2. The molecule has 6 aromatic rings. The predicted octanol–water partition coefficient (Wildman–Crippen LogP) is 9.98. The lowest BCUT2D eigenvalue weighted by molar-refractivity contribution is 0.0893. The number of carbonyl (C=O) groups is 2. The minimum absolute atomic E-state index is 0.0765. The first kappa shape index (κ1) is 28.6. The second-order valence-corrected chi connectivity index (χ2v) is 11.9. The van der Waals surface area contributed by atoms with Gasteiger partial charge >= 0.3 is 0 Å². The molecule has 1 aliphatic rings. The minimum atomic E-state index is -0.368. The third-order valence-electron chi connectivity index (χ3n) is 9.04. The molecule has 0 unspecified atom stereocenters. The summed E-state index contributed by atoms with van der Waals surface area (Å²) in [6.07, 6.45) is 11.8. The van der Waals surface area contributed by atoms with E-state index in [-0.39, 0.29) is 17.6 Å². The van der Waals surface area contributed by atoms with E-state index in [0.29, 0.717) is 22.2 Å². The van der Waals surface area contributed by atoms with Crippen molar-refractivity contribution in [1.82, 2.24) is 4.57 Å². The molecule has 1 N–H and O–H groups in total. The molecule has 224 valence electrons. The number of aryl methyl sites for hydroxylation is 1. The standard InChI is InChI=1S/C40H36N2O3/c1-2-3-4-5-6-9-25-41-36-14-8-7-11-32(36)35-26-27(16-24-37(35)41)15-17-28-18-23-34-38-31(28)12-10-13-33(38)39(44)42(40(34)45)29-19-21-30(43)22-20-29/h7-8,10-24,26,43H,2-6,9,25H2,1H3/b17-15+. The van der Waals surface area contributed by atoms with Crippen molar-refractivity contribution in [2.45, 2.75) is 52.0 Å². The van der Waals surface area contributed by atoms with Gasteiger partial charge in [-0.2, -0.15) is 0 Å². The molecule has 45 heavy (non-hydrogen) atoms. The van der Waals surface area contributed by atoms with Crippen LogP contribution in [0.5, 0.6) is 5.75 Å². The highest BCUT2D eigenvalue weighted by Gasteiger charge is 2.34. The van der Waals surface area contributed by atoms with E-state index in [2.05, 4.69) is 66.1 Å². The summed E-state index contributed by atoms with van der Waals surface area (Å²) in [5.74, 6) is -0.659. The molecule has 0 fully saturated rings. The third-order valence-corrected chi connectivity index (χ3v) is 9.04. The first-order valence-electron chi connectivity index (χ1n) is 16.0. The van der Waals surface area contributed by atoms with Crippen LogP contribution in [-0.2, 0) is 6.54 Å². The molecular formula is C40H36N2O3. The molecule has 0 aliphatic carbocycles. The van der Waals surface area contributed by atoms with Crippen LogP contribution < -0.4 is 4.90 Å². The van der Waals surface area contributed by atoms with Crippen molar-refractivity contribution in [3.05, 3.63) is 119 Å². The first-order valence-corrected chi connectivity index (χ1v) is 16.0. The van der Waals surface area contributed by atoms with Crippen molar-refractivity contribution in [3.63, 3.8) is 0 Å². The Bertz CT molecular complexity index is 2080. The Labute approximate surface area is 263 Å². The van der Waals surface area contributed by atoms with Crippen molar-refractivity contribution >= 4 is 62.2 Å². The molecule has 7 rings (SSSR count). The number of rotatable bonds is 10. The number of phenols is 1. The maximum absolute atomic E-state index is 13.6. The number of aromatic nitrogens is 1. The Kier molecular flexibility index (Phi) is 7.68. The van der Waals surface area contributed by atoms with Gasteiger partial charge < -0.3 is 9.67 Å². The number of phenolic OH excluding ortho intramolecular Hbond substituents is 1. The number of benzene rings is 5. The van der Waals surface area contributed by atoms with E-state index < -0.39 is 0 Å². The van der Waals surface area contributed by atoms with Crippen LogP contribution in [0.1, 0.15) is 77.3 Å². The quantitative estimate of drug-likeness (QED) is 0.0978. The molecule has 0 bridgehead atoms. The lowest BCUT2D eigenvalue weighted by Crippen LogP contribution is -2.40. The molecule has 0 spiro atoms. The van der Waals surface area contributed by atoms with E-state index in [9.17, 15) is 14.7 Å². The molecule has 0 saturated heterocycles. The van der Waals surface area contributed by atoms with E-state index >= 15 is 0 Å². The number of anilines is 1. The summed E-state index contributed by atoms with van der Waals surface area (Å²) in [6, 6.07) is 30.8. The Morgan fingerprint density at radius 3 is 2.18 bits per heavy atom. The van der Waals surface area contributed by atoms with E-state index in [1.54, 1.807) is 18.2 Å². The Balaban J connectivity index is 1.20. The van der Waals surface area contributed by atoms with Gasteiger partial charge in [0.1, 0.15) is 5.75 Å². The largest absolute Gasteiger partial charge is 0.508 e. The van der Waals surface area contributed by atoms with E-state index in [4.69, 9.17) is 0 Å². The smallest absolute Gasteiger partial charge is 0.265 e. The average Bonchev–Trinajstić information content (AvgIpc) is 3.38. The fourth-order valence-electron chi connectivity index (χ4n) is 6.75. The van der Waals surface area contributed by atoms with E-state index in [1.165, 1.54) is 77.4 Å². The molecule has 5 heteroatoms. The van der Waals surface area contributed by atoms with Crippen LogP contribution in [-0.4, -0.2) is 21.5 Å². The summed E-state index contributed by atoms with van der Waals surface area (Å²) in [6.45, 7) is 3.28. The average molecular weight is 593 g/mol. The second kappa shape index (κ2) is 12.1. The number of aromatic hydroxyl groups is 1. The topological polar surface area (TPSA) is 62.5 Å². The molecule has 5 aromatic carbocycles. The number of amides is 2. The minimum Gasteiger partial charge on any atom is -0.508 e. The molecule has 2 heterocycles. The molecule has 0 atom stereocenters. The molecule has 1 aliphatic heterocycles. The van der Waals surface area contributed by atoms with Gasteiger partial charge in [0.15, 0.2) is 0 Å². The van der Waals surface area contributed by atoms with Crippen LogP contribution in [0.15, 0.2) is 97.1 Å². The zero-order chi connectivity index (χ0) is 30.9. The van der Waals surface area contributed by atoms with Crippen molar-refractivity contribution < 1.29 is 14.7 Å². The number of imide groups is 1. The number of carbonyl (C=O) groups excluding carboxylic acids is 2. The number of para-hydroxylation sites is 1. The zero-order valence-corrected chi connectivity index (χ0v) is 25.5. The van der Waals surface area contributed by atoms with Crippen LogP contribution in [0.4, 0.5) is 5.69 Å². The Morgan fingerprint density at radius 1 is 0.644 bits per heavy atom. The van der Waals surface area contributed by atoms with Crippen LogP contribution in [0.2, 0.25) is 0 Å². The SMILES string of the molecule is CCCCCCCCn1c2ccccc2c2cc(/C=C/c3ccc4c5c(cccc35)C(=O)N(c3ccc(O)cc3)C4=O)ccc21. The number of unbranched alkanes of at least 4 members (excludes halogenated alkanes) is 5. The van der Waals surface area contributed by atoms with Gasteiger partial charge in [-0.05, 0) is 77.5 Å². The number of hydrogen-bond donors (Lipinski definition) is 1. The van der Waals surface area contributed by atoms with Crippen molar-refractivity contribution in [3.8, 4) is 5.75 Å². The molecular weight excluding hydrogens is 556 g/mol. The van der Waals surface area contributed by atoms with Crippen molar-refractivity contribution in [1.29, 1.82) is 0 Å². The zero-order valence-electron chi connectivity index (χ0n) is 25.5. The maximum Gasteiger partial charge on any atom is 0.265 e. The predicted molar refractivity (Wildman–Crippen MR) is 185 cm³/mol. The lowest BCUT2D eigenvalue weighted by atomic mass is 9.90. The van der Waals surface area contributed by atoms with Gasteiger partial charge in [-0.1, -0.05) is 93.6 Å². The summed E-state index contributed by atoms with van der Waals surface area (Å²) in [5, 5.41) is 13.8. The summed E-state index contributed by atoms with van der Waals surface area (Å²) in [4.78, 5) is 28.3. The molecule has 5 nitrogen and oxygen atoms in total. The molecule has 0 radical (unpaired) electrons. The van der Waals surface area contributed by atoms with Crippen LogP contribution in [0.25, 0.3) is 44.7 Å². The monoisotopic (exact) mass is 592 g/mol. The maximum atomic E-state index is 13.6. The van der Waals surface area contributed by atoms with Crippen molar-refractivity contribution in [2.24, 2.45) is 0 Å². The number of fused-ring (bicyclic) bond motifs is 3. The number of hydrogen-bond acceptors (Lipinski definition) is 3. The fourth-order valence-corrected chi connectivity index (χ4v) is 6.75. The van der Waals surface area contributed by atoms with Crippen molar-refractivity contribution in [2.75, 3.05) is 4.90 Å². The van der Waals surface area contributed by atoms with E-state index in [1.807, 2.05) is 24.3 Å². The molecule has 2 amide bonds. The molecule has 0 saturated carbocycles. The first-order chi connectivity index (χ1) is 22.0. The van der Waals surface area contributed by atoms with Crippen LogP contribution in [0.3, 0.4) is 0 Å². The number of nitrogens with zero attached hydrogens (tertiary/aromatic N) is 2. The molecule has 1 aromatic heterocycles. The highest BCUT2D eigenvalue weighted by Crippen LogP contribution is 2.36. The highest BCUT2D eigenvalue weighted by atomic mass is 16.3. The third kappa shape index (κ3) is 5.18. The summed E-state index contributed by atoms with van der Waals surface area (Å²) < 4.78 is 2.47. The summed E-state index contributed by atoms with van der Waals surface area (Å²) in [7, 11) is 0. The summed E-state index contributed by atoms with van der Waals surface area (Å²) >= 11 is 0. The fraction of sp³-hybridized carbons (Fsp3) is 0.200. The Morgan fingerprint density at radius 2 is 1.36 bits per heavy atom. The van der Waals surface area contributed by atoms with E-state index in [0.717, 1.165) is 23.1 Å². The van der Waals surface area contributed by atoms with Crippen LogP contribution in [0, 0.1) is 0 Å². The Hall–Kier alpha value is -5.16. The van der Waals surface area contributed by atoms with Gasteiger partial charge in [0.2, 0.25) is 0 Å². The second-order valence-electron chi connectivity index (χ2n) is 11.9. The van der Waals surface area contributed by atoms with Gasteiger partial charge in [-0.25, -0.2) is 4.90 Å².